The molecule has 2 rings (SSSR count). The van der Waals surface area contributed by atoms with E-state index in [2.05, 4.69) is 0 Å². The molecule has 1 unspecified atom stereocenters. The zero-order chi connectivity index (χ0) is 13.1. The van der Waals surface area contributed by atoms with Gasteiger partial charge in [0.25, 0.3) is 0 Å². The van der Waals surface area contributed by atoms with E-state index in [4.69, 9.17) is 17.3 Å². The summed E-state index contributed by atoms with van der Waals surface area (Å²) in [6.07, 6.45) is -0.668. The van der Waals surface area contributed by atoms with Gasteiger partial charge < -0.3 is 10.8 Å². The van der Waals surface area contributed by atoms with E-state index in [1.54, 1.807) is 36.4 Å². The SMILES string of the molecule is Nc1ccccc1C(O)Cc1ccc(Cl)cc1F. The Morgan fingerprint density at radius 2 is 1.94 bits per heavy atom. The molecule has 0 radical (unpaired) electrons. The Bertz CT molecular complexity index is 559. The van der Waals surface area contributed by atoms with E-state index in [1.807, 2.05) is 0 Å². The lowest BCUT2D eigenvalue weighted by Gasteiger charge is -2.14. The van der Waals surface area contributed by atoms with E-state index in [1.165, 1.54) is 6.07 Å². The van der Waals surface area contributed by atoms with Crippen molar-refractivity contribution in [3.63, 3.8) is 0 Å². The quantitative estimate of drug-likeness (QED) is 0.836. The molecule has 0 aliphatic carbocycles. The van der Waals surface area contributed by atoms with Crippen molar-refractivity contribution in [1.29, 1.82) is 0 Å². The van der Waals surface area contributed by atoms with Crippen molar-refractivity contribution < 1.29 is 9.50 Å². The maximum atomic E-state index is 13.6. The summed E-state index contributed by atoms with van der Waals surface area (Å²) < 4.78 is 13.6. The van der Waals surface area contributed by atoms with Crippen LogP contribution in [0.4, 0.5) is 10.1 Å². The number of benzene rings is 2. The van der Waals surface area contributed by atoms with E-state index < -0.39 is 11.9 Å². The van der Waals surface area contributed by atoms with Gasteiger partial charge >= 0.3 is 0 Å². The highest BCUT2D eigenvalue weighted by molar-refractivity contribution is 6.30. The number of para-hydroxylation sites is 1. The average Bonchev–Trinajstić information content (AvgIpc) is 2.33. The Balaban J connectivity index is 2.21. The molecule has 0 spiro atoms. The molecule has 1 atom stereocenters. The molecule has 0 fully saturated rings. The molecule has 2 aromatic carbocycles. The van der Waals surface area contributed by atoms with Gasteiger partial charge in [0, 0.05) is 22.7 Å². The minimum Gasteiger partial charge on any atom is -0.398 e. The van der Waals surface area contributed by atoms with Gasteiger partial charge in [-0.1, -0.05) is 35.9 Å². The van der Waals surface area contributed by atoms with Gasteiger partial charge in [-0.2, -0.15) is 0 Å². The minimum atomic E-state index is -0.832. The molecule has 0 saturated heterocycles. The van der Waals surface area contributed by atoms with E-state index in [9.17, 15) is 9.50 Å². The van der Waals surface area contributed by atoms with Crippen LogP contribution < -0.4 is 5.73 Å². The van der Waals surface area contributed by atoms with E-state index in [0.717, 1.165) is 0 Å². The van der Waals surface area contributed by atoms with Crippen molar-refractivity contribution in [1.82, 2.24) is 0 Å². The first-order valence-corrected chi connectivity index (χ1v) is 5.92. The molecule has 4 heteroatoms. The molecule has 2 nitrogen and oxygen atoms in total. The second kappa shape index (κ2) is 5.38. The molecule has 0 saturated carbocycles. The first-order chi connectivity index (χ1) is 8.58. The number of hydrogen-bond acceptors (Lipinski definition) is 2. The summed E-state index contributed by atoms with van der Waals surface area (Å²) in [6.45, 7) is 0. The zero-order valence-electron chi connectivity index (χ0n) is 9.61. The van der Waals surface area contributed by atoms with Crippen LogP contribution in [0.1, 0.15) is 17.2 Å². The number of halogens is 2. The molecular weight excluding hydrogens is 253 g/mol. The Morgan fingerprint density at radius 3 is 2.61 bits per heavy atom. The van der Waals surface area contributed by atoms with Crippen LogP contribution in [0.2, 0.25) is 5.02 Å². The molecule has 2 aromatic rings. The third-order valence-corrected chi connectivity index (χ3v) is 3.02. The Morgan fingerprint density at radius 1 is 1.22 bits per heavy atom. The summed E-state index contributed by atoms with van der Waals surface area (Å²) >= 11 is 5.67. The van der Waals surface area contributed by atoms with Gasteiger partial charge in [0.1, 0.15) is 5.82 Å². The van der Waals surface area contributed by atoms with Gasteiger partial charge in [-0.3, -0.25) is 0 Å². The van der Waals surface area contributed by atoms with Crippen LogP contribution in [-0.2, 0) is 6.42 Å². The second-order valence-corrected chi connectivity index (χ2v) is 4.52. The molecular formula is C14H13ClFNO. The Hall–Kier alpha value is -1.58. The topological polar surface area (TPSA) is 46.2 Å². The standard InChI is InChI=1S/C14H13ClFNO/c15-10-6-5-9(12(16)8-10)7-14(18)11-3-1-2-4-13(11)17/h1-6,8,14,18H,7,17H2. The van der Waals surface area contributed by atoms with Gasteiger partial charge in [0.2, 0.25) is 0 Å². The second-order valence-electron chi connectivity index (χ2n) is 4.08. The van der Waals surface area contributed by atoms with Gasteiger partial charge in [0.15, 0.2) is 0 Å². The summed E-state index contributed by atoms with van der Waals surface area (Å²) in [4.78, 5) is 0. The van der Waals surface area contributed by atoms with Crippen molar-refractivity contribution in [3.05, 3.63) is 64.4 Å². The van der Waals surface area contributed by atoms with Crippen LogP contribution in [0.25, 0.3) is 0 Å². The molecule has 0 bridgehead atoms. The molecule has 3 N–H and O–H groups in total. The molecule has 0 amide bonds. The normalized spacial score (nSPS) is 12.4. The zero-order valence-corrected chi connectivity index (χ0v) is 10.4. The molecule has 0 heterocycles. The largest absolute Gasteiger partial charge is 0.398 e. The lowest BCUT2D eigenvalue weighted by molar-refractivity contribution is 0.178. The number of aliphatic hydroxyl groups excluding tert-OH is 1. The van der Waals surface area contributed by atoms with Crippen molar-refractivity contribution in [2.45, 2.75) is 12.5 Å². The van der Waals surface area contributed by atoms with Crippen molar-refractivity contribution in [3.8, 4) is 0 Å². The predicted octanol–water partition coefficient (Wildman–Crippen LogP) is 3.34. The van der Waals surface area contributed by atoms with Crippen molar-refractivity contribution >= 4 is 17.3 Å². The van der Waals surface area contributed by atoms with Crippen molar-refractivity contribution in [2.24, 2.45) is 0 Å². The van der Waals surface area contributed by atoms with Gasteiger partial charge in [0.05, 0.1) is 6.10 Å². The number of anilines is 1. The lowest BCUT2D eigenvalue weighted by atomic mass is 10.00. The maximum absolute atomic E-state index is 13.6. The lowest BCUT2D eigenvalue weighted by Crippen LogP contribution is -2.06. The average molecular weight is 266 g/mol. The minimum absolute atomic E-state index is 0.164. The Labute approximate surface area is 110 Å². The molecule has 94 valence electrons. The number of rotatable bonds is 3. The fraction of sp³-hybridized carbons (Fsp3) is 0.143. The first-order valence-electron chi connectivity index (χ1n) is 5.54. The highest BCUT2D eigenvalue weighted by atomic mass is 35.5. The van der Waals surface area contributed by atoms with Crippen LogP contribution in [0.5, 0.6) is 0 Å². The summed E-state index contributed by atoms with van der Waals surface area (Å²) in [5.74, 6) is -0.420. The van der Waals surface area contributed by atoms with E-state index in [-0.39, 0.29) is 6.42 Å². The van der Waals surface area contributed by atoms with Gasteiger partial charge in [-0.15, -0.1) is 0 Å². The van der Waals surface area contributed by atoms with E-state index >= 15 is 0 Å². The smallest absolute Gasteiger partial charge is 0.127 e. The summed E-state index contributed by atoms with van der Waals surface area (Å²) in [6, 6.07) is 11.4. The van der Waals surface area contributed by atoms with Gasteiger partial charge in [-0.25, -0.2) is 4.39 Å². The number of nitrogens with two attached hydrogens (primary N) is 1. The maximum Gasteiger partial charge on any atom is 0.127 e. The van der Waals surface area contributed by atoms with Crippen molar-refractivity contribution in [2.75, 3.05) is 5.73 Å². The molecule has 0 aromatic heterocycles. The molecule has 0 aliphatic heterocycles. The summed E-state index contributed by atoms with van der Waals surface area (Å²) in [5.41, 5.74) is 7.28. The van der Waals surface area contributed by atoms with E-state index in [0.29, 0.717) is 21.8 Å². The third-order valence-electron chi connectivity index (χ3n) is 2.78. The summed E-state index contributed by atoms with van der Waals surface area (Å²) in [7, 11) is 0. The fourth-order valence-electron chi connectivity index (χ4n) is 1.82. The highest BCUT2D eigenvalue weighted by Crippen LogP contribution is 2.25. The number of nitrogen functional groups attached to an aromatic ring is 1. The number of hydrogen-bond donors (Lipinski definition) is 2. The third kappa shape index (κ3) is 2.81. The molecule has 0 aliphatic rings. The van der Waals surface area contributed by atoms with Crippen LogP contribution >= 0.6 is 11.6 Å². The van der Waals surface area contributed by atoms with Crippen LogP contribution in [-0.4, -0.2) is 5.11 Å². The van der Waals surface area contributed by atoms with Crippen LogP contribution in [0.15, 0.2) is 42.5 Å². The van der Waals surface area contributed by atoms with Crippen LogP contribution in [0, 0.1) is 5.82 Å². The fourth-order valence-corrected chi connectivity index (χ4v) is 1.98. The summed E-state index contributed by atoms with van der Waals surface area (Å²) in [5, 5.41) is 10.4. The number of aliphatic hydroxyl groups is 1. The van der Waals surface area contributed by atoms with Crippen LogP contribution in [0.3, 0.4) is 0 Å². The first kappa shape index (κ1) is 12.9. The monoisotopic (exact) mass is 265 g/mol. The molecule has 18 heavy (non-hydrogen) atoms. The van der Waals surface area contributed by atoms with Gasteiger partial charge in [-0.05, 0) is 23.8 Å². The highest BCUT2D eigenvalue weighted by Gasteiger charge is 2.13. The predicted molar refractivity (Wildman–Crippen MR) is 70.9 cm³/mol. The Kier molecular flexibility index (Phi) is 3.84.